The summed E-state index contributed by atoms with van der Waals surface area (Å²) in [6.07, 6.45) is 0.877. The first-order chi connectivity index (χ1) is 12.3. The molecule has 2 aromatic rings. The van der Waals surface area contributed by atoms with E-state index in [2.05, 4.69) is 24.4 Å². The molecule has 1 atom stereocenters. The van der Waals surface area contributed by atoms with E-state index in [-0.39, 0.29) is 22.8 Å². The first-order valence-electron chi connectivity index (χ1n) is 9.05. The van der Waals surface area contributed by atoms with Crippen molar-refractivity contribution in [2.75, 3.05) is 20.6 Å². The van der Waals surface area contributed by atoms with Crippen molar-refractivity contribution in [3.8, 4) is 0 Å². The van der Waals surface area contributed by atoms with Crippen LogP contribution in [0.25, 0.3) is 10.9 Å². The Kier molecular flexibility index (Phi) is 7.23. The SMILES string of the molecule is CC(C)NC(=O)[C@@H](C)Sc1nc2ccccc2c(=O)n1CCC[NH+](C)C. The predicted molar refractivity (Wildman–Crippen MR) is 107 cm³/mol. The first kappa shape index (κ1) is 20.5. The van der Waals surface area contributed by atoms with E-state index in [0.29, 0.717) is 22.6 Å². The summed E-state index contributed by atoms with van der Waals surface area (Å²) in [7, 11) is 4.19. The molecular formula is C19H29N4O2S+. The van der Waals surface area contributed by atoms with Crippen molar-refractivity contribution in [3.05, 3.63) is 34.6 Å². The van der Waals surface area contributed by atoms with Crippen molar-refractivity contribution in [2.45, 2.75) is 50.2 Å². The van der Waals surface area contributed by atoms with Gasteiger partial charge in [0.2, 0.25) is 5.91 Å². The zero-order valence-corrected chi connectivity index (χ0v) is 17.0. The second-order valence-electron chi connectivity index (χ2n) is 7.10. The average Bonchev–Trinajstić information content (AvgIpc) is 2.56. The Morgan fingerprint density at radius 1 is 1.27 bits per heavy atom. The summed E-state index contributed by atoms with van der Waals surface area (Å²) < 4.78 is 1.72. The molecule has 6 nitrogen and oxygen atoms in total. The van der Waals surface area contributed by atoms with Crippen LogP contribution in [0.4, 0.5) is 0 Å². The van der Waals surface area contributed by atoms with Gasteiger partial charge in [-0.3, -0.25) is 14.2 Å². The molecule has 2 N–H and O–H groups in total. The van der Waals surface area contributed by atoms with E-state index >= 15 is 0 Å². The third kappa shape index (κ3) is 5.32. The van der Waals surface area contributed by atoms with E-state index in [1.807, 2.05) is 45.0 Å². The van der Waals surface area contributed by atoms with Crippen LogP contribution in [0.2, 0.25) is 0 Å². The van der Waals surface area contributed by atoms with E-state index in [9.17, 15) is 9.59 Å². The number of aromatic nitrogens is 2. The van der Waals surface area contributed by atoms with Crippen LogP contribution in [0.15, 0.2) is 34.2 Å². The van der Waals surface area contributed by atoms with Crippen LogP contribution in [-0.2, 0) is 11.3 Å². The Morgan fingerprint density at radius 2 is 1.96 bits per heavy atom. The fourth-order valence-corrected chi connectivity index (χ4v) is 3.58. The van der Waals surface area contributed by atoms with E-state index in [0.717, 1.165) is 13.0 Å². The largest absolute Gasteiger partial charge is 0.353 e. The molecule has 1 aromatic heterocycles. The van der Waals surface area contributed by atoms with Gasteiger partial charge in [-0.2, -0.15) is 0 Å². The van der Waals surface area contributed by atoms with Crippen LogP contribution in [0.1, 0.15) is 27.2 Å². The highest BCUT2D eigenvalue weighted by Gasteiger charge is 2.19. The van der Waals surface area contributed by atoms with Crippen molar-refractivity contribution in [3.63, 3.8) is 0 Å². The summed E-state index contributed by atoms with van der Waals surface area (Å²) in [5.74, 6) is -0.0447. The lowest BCUT2D eigenvalue weighted by Crippen LogP contribution is -3.05. The van der Waals surface area contributed by atoms with Crippen LogP contribution < -0.4 is 15.8 Å². The second-order valence-corrected chi connectivity index (χ2v) is 8.41. The zero-order chi connectivity index (χ0) is 19.3. The highest BCUT2D eigenvalue weighted by molar-refractivity contribution is 8.00. The molecule has 0 saturated carbocycles. The van der Waals surface area contributed by atoms with E-state index in [1.165, 1.54) is 16.7 Å². The summed E-state index contributed by atoms with van der Waals surface area (Å²) in [5, 5.41) is 3.82. The number of nitrogens with one attached hydrogen (secondary N) is 2. The lowest BCUT2D eigenvalue weighted by molar-refractivity contribution is -0.858. The van der Waals surface area contributed by atoms with Crippen LogP contribution in [0, 0.1) is 0 Å². The maximum atomic E-state index is 13.0. The molecule has 2 rings (SSSR count). The maximum absolute atomic E-state index is 13.0. The molecular weight excluding hydrogens is 348 g/mol. The normalized spacial score (nSPS) is 12.7. The van der Waals surface area contributed by atoms with Crippen molar-refractivity contribution in [2.24, 2.45) is 0 Å². The summed E-state index contributed by atoms with van der Waals surface area (Å²) >= 11 is 1.34. The van der Waals surface area contributed by atoms with Gasteiger partial charge >= 0.3 is 0 Å². The molecule has 1 aromatic carbocycles. The number of amides is 1. The average molecular weight is 378 g/mol. The fourth-order valence-electron chi connectivity index (χ4n) is 2.64. The highest BCUT2D eigenvalue weighted by Crippen LogP contribution is 2.23. The minimum Gasteiger partial charge on any atom is -0.353 e. The monoisotopic (exact) mass is 377 g/mol. The lowest BCUT2D eigenvalue weighted by Gasteiger charge is -2.17. The molecule has 142 valence electrons. The van der Waals surface area contributed by atoms with Crippen LogP contribution in [0.5, 0.6) is 0 Å². The molecule has 0 aliphatic carbocycles. The van der Waals surface area contributed by atoms with Gasteiger partial charge in [0, 0.05) is 19.0 Å². The topological polar surface area (TPSA) is 68.4 Å². The smallest absolute Gasteiger partial charge is 0.262 e. The van der Waals surface area contributed by atoms with E-state index < -0.39 is 0 Å². The van der Waals surface area contributed by atoms with Gasteiger partial charge in [-0.15, -0.1) is 0 Å². The number of carbonyl (C=O) groups is 1. The number of nitrogens with zero attached hydrogens (tertiary/aromatic N) is 2. The first-order valence-corrected chi connectivity index (χ1v) is 9.93. The number of rotatable bonds is 8. The molecule has 1 amide bonds. The summed E-state index contributed by atoms with van der Waals surface area (Å²) in [5.41, 5.74) is 0.634. The van der Waals surface area contributed by atoms with Gasteiger partial charge in [-0.25, -0.2) is 4.98 Å². The third-order valence-electron chi connectivity index (χ3n) is 3.97. The van der Waals surface area contributed by atoms with Gasteiger partial charge in [0.1, 0.15) is 0 Å². The Morgan fingerprint density at radius 3 is 2.62 bits per heavy atom. The standard InChI is InChI=1S/C19H28N4O2S/c1-13(2)20-17(24)14(3)26-19-21-16-10-7-6-9-15(16)18(25)23(19)12-8-11-22(4)5/h6-7,9-10,13-14H,8,11-12H2,1-5H3,(H,20,24)/p+1/t14-/m1/s1. The molecule has 0 unspecified atom stereocenters. The van der Waals surface area contributed by atoms with E-state index in [4.69, 9.17) is 0 Å². The summed E-state index contributed by atoms with van der Waals surface area (Å²) in [6.45, 7) is 7.28. The Bertz CT molecular complexity index is 817. The molecule has 0 spiro atoms. The molecule has 0 fully saturated rings. The molecule has 1 heterocycles. The van der Waals surface area contributed by atoms with Crippen LogP contribution in [-0.4, -0.2) is 47.4 Å². The maximum Gasteiger partial charge on any atom is 0.262 e. The molecule has 0 aliphatic rings. The highest BCUT2D eigenvalue weighted by atomic mass is 32.2. The number of para-hydroxylation sites is 1. The second kappa shape index (κ2) is 9.19. The quantitative estimate of drug-likeness (QED) is 0.531. The van der Waals surface area contributed by atoms with Gasteiger partial charge in [0.05, 0.1) is 36.8 Å². The Labute approximate surface area is 159 Å². The molecule has 7 heteroatoms. The van der Waals surface area contributed by atoms with Crippen molar-refractivity contribution < 1.29 is 9.69 Å². The predicted octanol–water partition coefficient (Wildman–Crippen LogP) is 0.936. The van der Waals surface area contributed by atoms with Crippen LogP contribution in [0.3, 0.4) is 0 Å². The van der Waals surface area contributed by atoms with Crippen LogP contribution >= 0.6 is 11.8 Å². The number of fused-ring (bicyclic) bond motifs is 1. The summed E-state index contributed by atoms with van der Waals surface area (Å²) in [6, 6.07) is 7.46. The molecule has 0 saturated heterocycles. The molecule has 0 bridgehead atoms. The van der Waals surface area contributed by atoms with Gasteiger partial charge in [-0.05, 0) is 32.9 Å². The molecule has 0 radical (unpaired) electrons. The van der Waals surface area contributed by atoms with E-state index in [1.54, 1.807) is 4.57 Å². The van der Waals surface area contributed by atoms with Crippen molar-refractivity contribution in [1.29, 1.82) is 0 Å². The number of hydrogen-bond donors (Lipinski definition) is 2. The minimum absolute atomic E-state index is 0.0386. The van der Waals surface area contributed by atoms with Gasteiger partial charge in [-0.1, -0.05) is 23.9 Å². The zero-order valence-electron chi connectivity index (χ0n) is 16.2. The molecule has 0 aliphatic heterocycles. The minimum atomic E-state index is -0.323. The van der Waals surface area contributed by atoms with Crippen molar-refractivity contribution in [1.82, 2.24) is 14.9 Å². The van der Waals surface area contributed by atoms with Gasteiger partial charge < -0.3 is 10.2 Å². The number of hydrogen-bond acceptors (Lipinski definition) is 4. The third-order valence-corrected chi connectivity index (χ3v) is 5.06. The summed E-state index contributed by atoms with van der Waals surface area (Å²) in [4.78, 5) is 31.2. The Hall–Kier alpha value is -1.86. The van der Waals surface area contributed by atoms with Gasteiger partial charge in [0.25, 0.3) is 5.56 Å². The Balaban J connectivity index is 2.35. The van der Waals surface area contributed by atoms with Crippen molar-refractivity contribution >= 4 is 28.6 Å². The number of quaternary nitrogens is 1. The number of carbonyl (C=O) groups excluding carboxylic acids is 1. The number of thioether (sulfide) groups is 1. The van der Waals surface area contributed by atoms with Gasteiger partial charge in [0.15, 0.2) is 5.16 Å². The molecule has 26 heavy (non-hydrogen) atoms. The lowest BCUT2D eigenvalue weighted by atomic mass is 10.2. The fraction of sp³-hybridized carbons (Fsp3) is 0.526. The number of benzene rings is 1.